The first-order chi connectivity index (χ1) is 21.2. The van der Waals surface area contributed by atoms with E-state index < -0.39 is 0 Å². The van der Waals surface area contributed by atoms with Crippen LogP contribution in [0, 0.1) is 79.8 Å². The SMILES string of the molecule is CC(C)(C)C12CCC(CC1)C2.CC(C)(C)C12CCC(CC1)CC2.CC(C)(C)C1CC2CCC1C2.CC(C)(C)C1CC2CCC1CC2. The average molecular weight is 637 g/mol. The van der Waals surface area contributed by atoms with Gasteiger partial charge < -0.3 is 0 Å². The largest absolute Gasteiger partial charge is 0.0599 e. The fourth-order valence-electron chi connectivity index (χ4n) is 13.4. The van der Waals surface area contributed by atoms with Gasteiger partial charge in [0.2, 0.25) is 0 Å². The molecule has 10 aliphatic rings. The minimum atomic E-state index is 0.554. The van der Waals surface area contributed by atoms with E-state index in [1.807, 2.05) is 0 Å². The second-order valence-corrected chi connectivity index (χ2v) is 23.3. The van der Waals surface area contributed by atoms with Crippen molar-refractivity contribution >= 4 is 0 Å². The van der Waals surface area contributed by atoms with Crippen molar-refractivity contribution in [3.8, 4) is 0 Å². The van der Waals surface area contributed by atoms with Crippen LogP contribution in [0.25, 0.3) is 0 Å². The number of hydrogen-bond acceptors (Lipinski definition) is 0. The minimum absolute atomic E-state index is 0.554. The Morgan fingerprint density at radius 2 is 0.739 bits per heavy atom. The highest BCUT2D eigenvalue weighted by molar-refractivity contribution is 5.02. The highest BCUT2D eigenvalue weighted by Gasteiger charge is 2.51. The molecular formula is C46H84. The summed E-state index contributed by atoms with van der Waals surface area (Å²) in [4.78, 5) is 0. The lowest BCUT2D eigenvalue weighted by Crippen LogP contribution is -2.43. The highest BCUT2D eigenvalue weighted by Crippen LogP contribution is 2.62. The van der Waals surface area contributed by atoms with E-state index in [0.717, 1.165) is 58.2 Å². The number of fused-ring (bicyclic) bond motifs is 10. The standard InChI is InChI=1S/2C12H22.2C11H20/c1-11(2,3)12-7-4-10(5-8-12)6-9-12;1-12(2,3)11-8-9-4-6-10(11)7-5-9;1-10(2,3)11-6-4-9(8-11)5-7-11;1-11(2,3)10-7-8-4-5-9(10)6-8/h10H,4-9H2,1-3H3;9-11H,4-8H2,1-3H3;9H,4-8H2,1-3H3;8-10H,4-7H2,1-3H3. The molecule has 10 fully saturated rings. The normalized spacial score (nSPS) is 42.5. The van der Waals surface area contributed by atoms with E-state index in [1.54, 1.807) is 6.42 Å². The Morgan fingerprint density at radius 3 is 0.978 bits per heavy atom. The predicted molar refractivity (Wildman–Crippen MR) is 203 cm³/mol. The molecule has 268 valence electrons. The monoisotopic (exact) mass is 637 g/mol. The van der Waals surface area contributed by atoms with Gasteiger partial charge in [-0.05, 0) is 189 Å². The van der Waals surface area contributed by atoms with E-state index in [2.05, 4.69) is 83.1 Å². The summed E-state index contributed by atoms with van der Waals surface area (Å²) in [7, 11) is 0. The first kappa shape index (κ1) is 37.3. The minimum Gasteiger partial charge on any atom is -0.0599 e. The van der Waals surface area contributed by atoms with Gasteiger partial charge >= 0.3 is 0 Å². The molecule has 46 heavy (non-hydrogen) atoms. The third-order valence-electron chi connectivity index (χ3n) is 17.0. The van der Waals surface area contributed by atoms with Crippen LogP contribution in [0.15, 0.2) is 0 Å². The van der Waals surface area contributed by atoms with Gasteiger partial charge in [0.05, 0.1) is 0 Å². The molecule has 0 spiro atoms. The molecule has 0 aliphatic heterocycles. The van der Waals surface area contributed by atoms with Gasteiger partial charge in [0.15, 0.2) is 0 Å². The molecule has 0 amide bonds. The molecule has 0 heteroatoms. The van der Waals surface area contributed by atoms with Gasteiger partial charge in [-0.3, -0.25) is 0 Å². The lowest BCUT2D eigenvalue weighted by Gasteiger charge is -2.54. The van der Waals surface area contributed by atoms with Crippen LogP contribution in [0.5, 0.6) is 0 Å². The molecule has 0 aromatic rings. The van der Waals surface area contributed by atoms with Crippen LogP contribution in [0.3, 0.4) is 0 Å². The van der Waals surface area contributed by atoms with Gasteiger partial charge in [0.25, 0.3) is 0 Å². The Labute approximate surface area is 290 Å². The van der Waals surface area contributed by atoms with Crippen LogP contribution in [0.4, 0.5) is 0 Å². The van der Waals surface area contributed by atoms with Crippen molar-refractivity contribution in [2.24, 2.45) is 79.8 Å². The zero-order valence-electron chi connectivity index (χ0n) is 33.8. The summed E-state index contributed by atoms with van der Waals surface area (Å²) in [5, 5.41) is 0. The Balaban J connectivity index is 0.000000121. The van der Waals surface area contributed by atoms with Gasteiger partial charge in [0.1, 0.15) is 0 Å². The molecule has 8 bridgehead atoms. The maximum atomic E-state index is 2.44. The van der Waals surface area contributed by atoms with E-state index in [1.165, 1.54) is 122 Å². The lowest BCUT2D eigenvalue weighted by molar-refractivity contribution is -0.0316. The van der Waals surface area contributed by atoms with Crippen molar-refractivity contribution < 1.29 is 0 Å². The molecule has 0 heterocycles. The molecule has 10 aliphatic carbocycles. The van der Waals surface area contributed by atoms with Crippen LogP contribution in [0.1, 0.15) is 212 Å². The van der Waals surface area contributed by atoms with E-state index in [-0.39, 0.29) is 0 Å². The van der Waals surface area contributed by atoms with Crippen molar-refractivity contribution in [2.75, 3.05) is 0 Å². The van der Waals surface area contributed by atoms with Crippen molar-refractivity contribution in [3.63, 3.8) is 0 Å². The maximum Gasteiger partial charge on any atom is -0.0246 e. The summed E-state index contributed by atoms with van der Waals surface area (Å²) in [6.45, 7) is 29.2. The van der Waals surface area contributed by atoms with Crippen LogP contribution < -0.4 is 0 Å². The summed E-state index contributed by atoms with van der Waals surface area (Å²) in [6.07, 6.45) is 30.6. The average Bonchev–Trinajstić information content (AvgIpc) is 3.81. The van der Waals surface area contributed by atoms with E-state index >= 15 is 0 Å². The van der Waals surface area contributed by atoms with Crippen molar-refractivity contribution in [2.45, 2.75) is 212 Å². The molecule has 0 N–H and O–H groups in total. The molecule has 0 nitrogen and oxygen atoms in total. The molecule has 0 aromatic heterocycles. The summed E-state index contributed by atoms with van der Waals surface area (Å²) >= 11 is 0. The van der Waals surface area contributed by atoms with Crippen LogP contribution in [-0.2, 0) is 0 Å². The van der Waals surface area contributed by atoms with Gasteiger partial charge in [-0.25, -0.2) is 0 Å². The summed E-state index contributed by atoms with van der Waals surface area (Å²) < 4.78 is 0. The molecule has 4 unspecified atom stereocenters. The van der Waals surface area contributed by atoms with Gasteiger partial charge in [-0.2, -0.15) is 0 Å². The highest BCUT2D eigenvalue weighted by atomic mass is 14.6. The van der Waals surface area contributed by atoms with E-state index in [0.29, 0.717) is 21.7 Å². The first-order valence-electron chi connectivity index (χ1n) is 21.2. The smallest absolute Gasteiger partial charge is 0.0246 e. The molecule has 0 aromatic carbocycles. The number of rotatable bonds is 0. The molecule has 0 radical (unpaired) electrons. The third-order valence-corrected chi connectivity index (χ3v) is 17.0. The van der Waals surface area contributed by atoms with Crippen molar-refractivity contribution in [3.05, 3.63) is 0 Å². The molecule has 0 saturated heterocycles. The Bertz CT molecular complexity index is 932. The maximum absolute atomic E-state index is 2.44. The van der Waals surface area contributed by atoms with E-state index in [4.69, 9.17) is 0 Å². The molecule has 10 rings (SSSR count). The summed E-state index contributed by atoms with van der Waals surface area (Å²) in [5.41, 5.74) is 3.75. The fraction of sp³-hybridized carbons (Fsp3) is 1.00. The van der Waals surface area contributed by atoms with E-state index in [9.17, 15) is 0 Å². The quantitative estimate of drug-likeness (QED) is 0.248. The second-order valence-electron chi connectivity index (χ2n) is 23.3. The Morgan fingerprint density at radius 1 is 0.348 bits per heavy atom. The van der Waals surface area contributed by atoms with Crippen LogP contribution >= 0.6 is 0 Å². The van der Waals surface area contributed by atoms with Gasteiger partial charge in [0, 0.05) is 0 Å². The third kappa shape index (κ3) is 8.14. The van der Waals surface area contributed by atoms with Crippen LogP contribution in [0.2, 0.25) is 0 Å². The Kier molecular flexibility index (Phi) is 11.0. The summed E-state index contributed by atoms with van der Waals surface area (Å²) in [5.74, 6) is 8.67. The molecule has 4 atom stereocenters. The summed E-state index contributed by atoms with van der Waals surface area (Å²) in [6, 6.07) is 0. The number of hydrogen-bond donors (Lipinski definition) is 0. The Hall–Kier alpha value is 0. The second kappa shape index (κ2) is 13.6. The van der Waals surface area contributed by atoms with Crippen molar-refractivity contribution in [1.82, 2.24) is 0 Å². The molecule has 10 saturated carbocycles. The first-order valence-corrected chi connectivity index (χ1v) is 21.2. The predicted octanol–water partition coefficient (Wildman–Crippen LogP) is 14.9. The van der Waals surface area contributed by atoms with Gasteiger partial charge in [-0.15, -0.1) is 0 Å². The fourth-order valence-corrected chi connectivity index (χ4v) is 13.4. The van der Waals surface area contributed by atoms with Crippen molar-refractivity contribution in [1.29, 1.82) is 0 Å². The van der Waals surface area contributed by atoms with Gasteiger partial charge in [-0.1, -0.05) is 102 Å². The topological polar surface area (TPSA) is 0 Å². The lowest BCUT2D eigenvalue weighted by atomic mass is 9.51. The van der Waals surface area contributed by atoms with Crippen LogP contribution in [-0.4, -0.2) is 0 Å². The zero-order valence-corrected chi connectivity index (χ0v) is 33.8. The molecular weight excluding hydrogens is 553 g/mol. The zero-order chi connectivity index (χ0) is 33.8.